The minimum absolute atomic E-state index is 0.107. The molecule has 0 fully saturated rings. The molecule has 3 N–H and O–H groups in total. The van der Waals surface area contributed by atoms with Crippen molar-refractivity contribution < 1.29 is 80.2 Å². The van der Waals surface area contributed by atoms with Gasteiger partial charge >= 0.3 is 39.5 Å². The zero-order chi connectivity index (χ0) is 71.9. The summed E-state index contributed by atoms with van der Waals surface area (Å²) in [5, 5.41) is 10.6. The molecule has 0 bridgehead atoms. The van der Waals surface area contributed by atoms with Crippen LogP contribution in [0.2, 0.25) is 0 Å². The Kier molecular flexibility index (Phi) is 70.6. The smallest absolute Gasteiger partial charge is 0.462 e. The van der Waals surface area contributed by atoms with Crippen LogP contribution < -0.4 is 0 Å². The number of aliphatic hydroxyl groups excluding tert-OH is 1. The molecule has 0 heterocycles. The first-order valence-electron chi connectivity index (χ1n) is 41.1. The van der Waals surface area contributed by atoms with Crippen molar-refractivity contribution in [3.05, 3.63) is 0 Å². The van der Waals surface area contributed by atoms with E-state index in [1.165, 1.54) is 244 Å². The molecule has 0 spiro atoms. The number of carbonyl (C=O) groups excluding carboxylic acids is 4. The highest BCUT2D eigenvalue weighted by Gasteiger charge is 2.30. The van der Waals surface area contributed by atoms with Gasteiger partial charge in [0.05, 0.1) is 26.4 Å². The Labute approximate surface area is 600 Å². The summed E-state index contributed by atoms with van der Waals surface area (Å²) in [6.07, 6.45) is 62.6. The highest BCUT2D eigenvalue weighted by molar-refractivity contribution is 7.47. The molecule has 0 radical (unpaired) electrons. The summed E-state index contributed by atoms with van der Waals surface area (Å²) >= 11 is 0. The fraction of sp³-hybridized carbons (Fsp3) is 0.949. The summed E-state index contributed by atoms with van der Waals surface area (Å²) in [6.45, 7) is 7.32. The maximum Gasteiger partial charge on any atom is 0.472 e. The number of rotatable bonds is 79. The zero-order valence-electron chi connectivity index (χ0n) is 63.9. The van der Waals surface area contributed by atoms with Crippen LogP contribution in [0, 0.1) is 5.92 Å². The second-order valence-electron chi connectivity index (χ2n) is 28.9. The van der Waals surface area contributed by atoms with E-state index in [-0.39, 0.29) is 25.7 Å². The Morgan fingerprint density at radius 3 is 0.694 bits per heavy atom. The summed E-state index contributed by atoms with van der Waals surface area (Å²) in [6, 6.07) is 0. The van der Waals surface area contributed by atoms with Crippen molar-refractivity contribution in [1.29, 1.82) is 0 Å². The molecule has 0 aliphatic heterocycles. The average molecular weight is 1440 g/mol. The third-order valence-corrected chi connectivity index (χ3v) is 20.4. The topological polar surface area (TPSA) is 237 Å². The maximum absolute atomic E-state index is 13.1. The zero-order valence-corrected chi connectivity index (χ0v) is 65.7. The molecule has 0 aromatic heterocycles. The highest BCUT2D eigenvalue weighted by Crippen LogP contribution is 2.45. The van der Waals surface area contributed by atoms with E-state index in [0.29, 0.717) is 25.7 Å². The summed E-state index contributed by atoms with van der Waals surface area (Å²) in [5.74, 6) is -1.30. The predicted octanol–water partition coefficient (Wildman–Crippen LogP) is 23.6. The van der Waals surface area contributed by atoms with Crippen LogP contribution in [0.3, 0.4) is 0 Å². The first-order valence-corrected chi connectivity index (χ1v) is 44.1. The monoisotopic (exact) mass is 1440 g/mol. The molecule has 0 saturated heterocycles. The van der Waals surface area contributed by atoms with Crippen molar-refractivity contribution in [2.24, 2.45) is 5.92 Å². The van der Waals surface area contributed by atoms with Crippen LogP contribution >= 0.6 is 15.6 Å². The van der Waals surface area contributed by atoms with Crippen LogP contribution in [-0.2, 0) is 65.4 Å². The second kappa shape index (κ2) is 72.0. The number of carbonyl (C=O) groups is 4. The van der Waals surface area contributed by atoms with Gasteiger partial charge in [0.2, 0.25) is 0 Å². The molecule has 17 nitrogen and oxygen atoms in total. The molecule has 19 heteroatoms. The average Bonchev–Trinajstić information content (AvgIpc) is 0.963. The second-order valence-corrected chi connectivity index (χ2v) is 31.8. The lowest BCUT2D eigenvalue weighted by Crippen LogP contribution is -2.30. The summed E-state index contributed by atoms with van der Waals surface area (Å²) in [5.41, 5.74) is 0. The van der Waals surface area contributed by atoms with Crippen LogP contribution in [-0.4, -0.2) is 96.7 Å². The Hall–Kier alpha value is -1.94. The summed E-state index contributed by atoms with van der Waals surface area (Å²) in [7, 11) is -9.91. The van der Waals surface area contributed by atoms with Gasteiger partial charge in [-0.15, -0.1) is 0 Å². The lowest BCUT2D eigenvalue weighted by Gasteiger charge is -2.21. The number of hydrogen-bond acceptors (Lipinski definition) is 15. The van der Waals surface area contributed by atoms with Crippen molar-refractivity contribution in [2.75, 3.05) is 39.6 Å². The van der Waals surface area contributed by atoms with E-state index < -0.39 is 97.5 Å². The molecule has 0 aromatic rings. The van der Waals surface area contributed by atoms with E-state index in [4.69, 9.17) is 37.0 Å². The molecule has 0 rings (SSSR count). The van der Waals surface area contributed by atoms with Gasteiger partial charge in [-0.25, -0.2) is 9.13 Å². The molecular formula is C79H154O17P2. The predicted molar refractivity (Wildman–Crippen MR) is 400 cm³/mol. The molecule has 5 atom stereocenters. The van der Waals surface area contributed by atoms with Crippen LogP contribution in [0.1, 0.15) is 420 Å². The number of ether oxygens (including phenoxy) is 4. The fourth-order valence-corrected chi connectivity index (χ4v) is 13.8. The number of phosphoric ester groups is 2. The number of hydrogen-bond donors (Lipinski definition) is 3. The molecule has 0 aromatic carbocycles. The van der Waals surface area contributed by atoms with Gasteiger partial charge in [0.15, 0.2) is 12.2 Å². The van der Waals surface area contributed by atoms with E-state index in [9.17, 15) is 43.2 Å². The minimum Gasteiger partial charge on any atom is -0.462 e. The molecule has 0 amide bonds. The lowest BCUT2D eigenvalue weighted by molar-refractivity contribution is -0.161. The lowest BCUT2D eigenvalue weighted by atomic mass is 10.0. The van der Waals surface area contributed by atoms with Gasteiger partial charge in [-0.3, -0.25) is 37.3 Å². The maximum atomic E-state index is 13.1. The van der Waals surface area contributed by atoms with Gasteiger partial charge in [-0.05, 0) is 31.6 Å². The Balaban J connectivity index is 5.18. The molecule has 0 aliphatic rings. The molecule has 2 unspecified atom stereocenters. The Morgan fingerprint density at radius 2 is 0.469 bits per heavy atom. The first kappa shape index (κ1) is 96.1. The van der Waals surface area contributed by atoms with E-state index >= 15 is 0 Å². The van der Waals surface area contributed by atoms with E-state index in [0.717, 1.165) is 95.8 Å². The van der Waals surface area contributed by atoms with Gasteiger partial charge in [0.1, 0.15) is 19.3 Å². The van der Waals surface area contributed by atoms with E-state index in [1.807, 2.05) is 0 Å². The third kappa shape index (κ3) is 72.4. The number of phosphoric acid groups is 2. The van der Waals surface area contributed by atoms with Crippen molar-refractivity contribution in [3.8, 4) is 0 Å². The first-order chi connectivity index (χ1) is 47.5. The van der Waals surface area contributed by atoms with Gasteiger partial charge in [-0.2, -0.15) is 0 Å². The van der Waals surface area contributed by atoms with E-state index in [1.54, 1.807) is 0 Å². The van der Waals surface area contributed by atoms with Crippen LogP contribution in [0.25, 0.3) is 0 Å². The van der Waals surface area contributed by atoms with Gasteiger partial charge in [0, 0.05) is 25.7 Å². The molecular weight excluding hydrogens is 1280 g/mol. The SMILES string of the molecule is CCCCCCCCCCCCCCCCCCCCCCC(=O)O[C@H](COC(=O)CCCCCCCCCCCCCCCCCCC(C)C)COP(=O)(O)OC[C@@H](O)COP(=O)(O)OC[C@@H](COC(=O)CCCCCCCCCCC)OC(=O)CCCCCCCCCCCC. The summed E-state index contributed by atoms with van der Waals surface area (Å²) < 4.78 is 68.5. The number of esters is 4. The largest absolute Gasteiger partial charge is 0.472 e. The molecule has 582 valence electrons. The normalized spacial score (nSPS) is 13.9. The third-order valence-electron chi connectivity index (χ3n) is 18.5. The Bertz CT molecular complexity index is 1870. The van der Waals surface area contributed by atoms with Crippen LogP contribution in [0.5, 0.6) is 0 Å². The van der Waals surface area contributed by atoms with Crippen molar-refractivity contribution in [2.45, 2.75) is 438 Å². The number of unbranched alkanes of at least 4 members (excludes halogenated alkanes) is 51. The molecule has 98 heavy (non-hydrogen) atoms. The standard InChI is InChI=1S/C79H154O17P2/c1-6-9-12-15-18-21-23-24-25-26-27-28-29-34-37-40-45-50-55-60-65-79(84)96-75(69-90-77(82)63-58-53-48-44-39-36-33-31-30-32-35-38-42-46-51-56-61-72(4)5)71-94-98(87,88)92-67-73(80)66-91-97(85,86)93-70-74(68-89-76(81)62-57-52-47-41-20-17-14-11-8-3)95-78(83)64-59-54-49-43-22-19-16-13-10-7-2/h72-75,80H,6-71H2,1-5H3,(H,85,86)(H,87,88)/t73-,74+,75+/m0/s1. The van der Waals surface area contributed by atoms with Crippen molar-refractivity contribution >= 4 is 39.5 Å². The quantitative estimate of drug-likeness (QED) is 0.0222. The summed E-state index contributed by atoms with van der Waals surface area (Å²) in [4.78, 5) is 72.8. The van der Waals surface area contributed by atoms with Gasteiger partial charge in [0.25, 0.3) is 0 Å². The number of aliphatic hydroxyl groups is 1. The van der Waals surface area contributed by atoms with Gasteiger partial charge < -0.3 is 33.8 Å². The Morgan fingerprint density at radius 1 is 0.276 bits per heavy atom. The minimum atomic E-state index is -4.96. The van der Waals surface area contributed by atoms with E-state index in [2.05, 4.69) is 34.6 Å². The molecule has 0 saturated carbocycles. The van der Waals surface area contributed by atoms with Gasteiger partial charge in [-0.1, -0.05) is 369 Å². The fourth-order valence-electron chi connectivity index (χ4n) is 12.2. The van der Waals surface area contributed by atoms with Crippen LogP contribution in [0.4, 0.5) is 0 Å². The highest BCUT2D eigenvalue weighted by atomic mass is 31.2. The molecule has 0 aliphatic carbocycles. The van der Waals surface area contributed by atoms with Crippen LogP contribution in [0.15, 0.2) is 0 Å². The van der Waals surface area contributed by atoms with Crippen molar-refractivity contribution in [3.63, 3.8) is 0 Å². The van der Waals surface area contributed by atoms with Crippen molar-refractivity contribution in [1.82, 2.24) is 0 Å².